The molecule has 4 heteroatoms. The molecule has 132 valence electrons. The molecule has 0 saturated heterocycles. The van der Waals surface area contributed by atoms with Crippen molar-refractivity contribution in [2.75, 3.05) is 7.05 Å². The molecule has 1 aromatic carbocycles. The number of hydrogen-bond donors (Lipinski definition) is 1. The van der Waals surface area contributed by atoms with Gasteiger partial charge in [0.1, 0.15) is 12.0 Å². The lowest BCUT2D eigenvalue weighted by Crippen LogP contribution is -2.42. The topological polar surface area (TPSA) is 28.2 Å². The van der Waals surface area contributed by atoms with Crippen molar-refractivity contribution >= 4 is 10.9 Å². The molecule has 1 N–H and O–H groups in total. The zero-order valence-electron chi connectivity index (χ0n) is 15.0. The zero-order chi connectivity index (χ0) is 17.4. The van der Waals surface area contributed by atoms with Crippen LogP contribution in [0.1, 0.15) is 44.1 Å². The van der Waals surface area contributed by atoms with E-state index in [2.05, 4.69) is 41.4 Å². The van der Waals surface area contributed by atoms with E-state index in [1.54, 1.807) is 12.1 Å². The summed E-state index contributed by atoms with van der Waals surface area (Å²) in [6, 6.07) is 7.02. The van der Waals surface area contributed by atoms with Crippen LogP contribution in [-0.4, -0.2) is 23.1 Å². The molecule has 1 aliphatic heterocycles. The van der Waals surface area contributed by atoms with Crippen LogP contribution in [0.4, 0.5) is 4.39 Å². The van der Waals surface area contributed by atoms with Crippen LogP contribution < -0.4 is 5.32 Å². The minimum absolute atomic E-state index is 0.174. The minimum Gasteiger partial charge on any atom is -0.370 e. The Bertz CT molecular complexity index is 780. The van der Waals surface area contributed by atoms with Crippen LogP contribution in [-0.2, 0) is 0 Å². The maximum Gasteiger partial charge on any atom is 0.123 e. The maximum atomic E-state index is 13.7. The molecule has 25 heavy (non-hydrogen) atoms. The highest BCUT2D eigenvalue weighted by Crippen LogP contribution is 2.41. The summed E-state index contributed by atoms with van der Waals surface area (Å²) in [5.74, 6) is 1.70. The molecule has 1 saturated carbocycles. The fourth-order valence-electron chi connectivity index (χ4n) is 4.70. The highest BCUT2D eigenvalue weighted by atomic mass is 19.1. The first-order valence-electron chi connectivity index (χ1n) is 9.32. The Morgan fingerprint density at radius 3 is 2.72 bits per heavy atom. The van der Waals surface area contributed by atoms with E-state index in [4.69, 9.17) is 0 Å². The smallest absolute Gasteiger partial charge is 0.123 e. The Balaban J connectivity index is 1.48. The number of nitrogens with zero attached hydrogens (tertiary/aromatic N) is 2. The molecule has 3 nitrogen and oxygen atoms in total. The van der Waals surface area contributed by atoms with Crippen molar-refractivity contribution in [1.82, 2.24) is 15.2 Å². The molecule has 0 amide bonds. The van der Waals surface area contributed by atoms with Crippen LogP contribution >= 0.6 is 0 Å². The van der Waals surface area contributed by atoms with E-state index in [1.165, 1.54) is 37.3 Å². The SMILES string of the molecule is C[C@H](C1CCC(c2ccnc3ccc(F)cc23)CC1)[C@@H]1NC=CN1C. The van der Waals surface area contributed by atoms with Gasteiger partial charge in [-0.25, -0.2) is 4.39 Å². The van der Waals surface area contributed by atoms with Gasteiger partial charge in [-0.3, -0.25) is 4.98 Å². The monoisotopic (exact) mass is 339 g/mol. The first kappa shape index (κ1) is 16.4. The van der Waals surface area contributed by atoms with Crippen LogP contribution in [0.25, 0.3) is 10.9 Å². The number of fused-ring (bicyclic) bond motifs is 1. The molecule has 2 aliphatic rings. The molecular weight excluding hydrogens is 313 g/mol. The molecule has 1 fully saturated rings. The van der Waals surface area contributed by atoms with Gasteiger partial charge in [0, 0.05) is 31.0 Å². The van der Waals surface area contributed by atoms with E-state index in [0.29, 0.717) is 18.0 Å². The van der Waals surface area contributed by atoms with Gasteiger partial charge in [-0.15, -0.1) is 0 Å². The molecule has 0 spiro atoms. The van der Waals surface area contributed by atoms with E-state index in [9.17, 15) is 4.39 Å². The Morgan fingerprint density at radius 1 is 1.20 bits per heavy atom. The van der Waals surface area contributed by atoms with Gasteiger partial charge in [-0.2, -0.15) is 0 Å². The minimum atomic E-state index is -0.174. The number of aromatic nitrogens is 1. The Morgan fingerprint density at radius 2 is 2.00 bits per heavy atom. The van der Waals surface area contributed by atoms with Gasteiger partial charge in [0.15, 0.2) is 0 Å². The first-order chi connectivity index (χ1) is 12.1. The van der Waals surface area contributed by atoms with Crippen molar-refractivity contribution in [3.63, 3.8) is 0 Å². The van der Waals surface area contributed by atoms with Crippen molar-refractivity contribution in [1.29, 1.82) is 0 Å². The Kier molecular flexibility index (Phi) is 4.36. The van der Waals surface area contributed by atoms with Crippen molar-refractivity contribution in [3.8, 4) is 0 Å². The summed E-state index contributed by atoms with van der Waals surface area (Å²) in [6.45, 7) is 2.36. The second-order valence-electron chi connectivity index (χ2n) is 7.63. The number of pyridine rings is 1. The van der Waals surface area contributed by atoms with Crippen LogP contribution in [0.3, 0.4) is 0 Å². The van der Waals surface area contributed by atoms with Crippen LogP contribution in [0.15, 0.2) is 42.9 Å². The van der Waals surface area contributed by atoms with Gasteiger partial charge >= 0.3 is 0 Å². The van der Waals surface area contributed by atoms with E-state index >= 15 is 0 Å². The first-order valence-corrected chi connectivity index (χ1v) is 9.32. The molecule has 2 heterocycles. The second kappa shape index (κ2) is 6.66. The Labute approximate surface area is 148 Å². The van der Waals surface area contributed by atoms with Crippen molar-refractivity contribution in [2.45, 2.75) is 44.7 Å². The molecule has 4 rings (SSSR count). The summed E-state index contributed by atoms with van der Waals surface area (Å²) in [5.41, 5.74) is 2.17. The Hall–Kier alpha value is -2.10. The standard InChI is InChI=1S/C21H26FN3/c1-14(21-24-11-12-25(21)2)15-3-5-16(6-4-15)18-9-10-23-20-8-7-17(22)13-19(18)20/h7-16,21,24H,3-6H2,1-2H3/t14-,15?,16?,21-/m1/s1. The molecule has 0 radical (unpaired) electrons. The average molecular weight is 339 g/mol. The summed E-state index contributed by atoms with van der Waals surface area (Å²) < 4.78 is 13.7. The number of halogens is 1. The molecule has 0 bridgehead atoms. The molecule has 1 aromatic heterocycles. The molecule has 2 aromatic rings. The van der Waals surface area contributed by atoms with Gasteiger partial charge < -0.3 is 10.2 Å². The average Bonchev–Trinajstić information content (AvgIpc) is 3.06. The fraction of sp³-hybridized carbons (Fsp3) is 0.476. The third-order valence-electron chi connectivity index (χ3n) is 6.21. The molecule has 0 unspecified atom stereocenters. The third-order valence-corrected chi connectivity index (χ3v) is 6.21. The lowest BCUT2D eigenvalue weighted by molar-refractivity contribution is 0.147. The zero-order valence-corrected chi connectivity index (χ0v) is 15.0. The highest BCUT2D eigenvalue weighted by Gasteiger charge is 2.32. The second-order valence-corrected chi connectivity index (χ2v) is 7.63. The number of nitrogens with one attached hydrogen (secondary N) is 1. The predicted octanol–water partition coefficient (Wildman–Crippen LogP) is 4.62. The van der Waals surface area contributed by atoms with Crippen LogP contribution in [0.2, 0.25) is 0 Å². The number of rotatable bonds is 3. The highest BCUT2D eigenvalue weighted by molar-refractivity contribution is 5.82. The van der Waals surface area contributed by atoms with Crippen LogP contribution in [0.5, 0.6) is 0 Å². The quantitative estimate of drug-likeness (QED) is 0.885. The van der Waals surface area contributed by atoms with Crippen molar-refractivity contribution in [2.24, 2.45) is 11.8 Å². The number of benzene rings is 1. The van der Waals surface area contributed by atoms with Crippen molar-refractivity contribution in [3.05, 3.63) is 54.2 Å². The summed E-state index contributed by atoms with van der Waals surface area (Å²) in [4.78, 5) is 6.67. The fourth-order valence-corrected chi connectivity index (χ4v) is 4.70. The van der Waals surface area contributed by atoms with Gasteiger partial charge in [0.25, 0.3) is 0 Å². The van der Waals surface area contributed by atoms with Gasteiger partial charge in [0.2, 0.25) is 0 Å². The molecule has 2 atom stereocenters. The van der Waals surface area contributed by atoms with E-state index in [0.717, 1.165) is 16.8 Å². The third kappa shape index (κ3) is 3.10. The van der Waals surface area contributed by atoms with Gasteiger partial charge in [-0.05, 0) is 73.3 Å². The summed E-state index contributed by atoms with van der Waals surface area (Å²) in [6.07, 6.45) is 11.3. The summed E-state index contributed by atoms with van der Waals surface area (Å²) in [5, 5.41) is 4.46. The lowest BCUT2D eigenvalue weighted by Gasteiger charge is -2.37. The van der Waals surface area contributed by atoms with Crippen LogP contribution in [0, 0.1) is 17.7 Å². The predicted molar refractivity (Wildman–Crippen MR) is 99.4 cm³/mol. The van der Waals surface area contributed by atoms with Gasteiger partial charge in [0.05, 0.1) is 5.52 Å². The van der Waals surface area contributed by atoms with E-state index < -0.39 is 0 Å². The van der Waals surface area contributed by atoms with E-state index in [1.807, 2.05) is 12.4 Å². The summed E-state index contributed by atoms with van der Waals surface area (Å²) >= 11 is 0. The van der Waals surface area contributed by atoms with Gasteiger partial charge in [-0.1, -0.05) is 6.92 Å². The molecule has 1 aliphatic carbocycles. The lowest BCUT2D eigenvalue weighted by atomic mass is 9.73. The van der Waals surface area contributed by atoms with Crippen molar-refractivity contribution < 1.29 is 4.39 Å². The normalized spacial score (nSPS) is 27.5. The largest absolute Gasteiger partial charge is 0.370 e. The maximum absolute atomic E-state index is 13.7. The van der Waals surface area contributed by atoms with E-state index in [-0.39, 0.29) is 5.82 Å². The number of hydrogen-bond acceptors (Lipinski definition) is 3. The summed E-state index contributed by atoms with van der Waals surface area (Å²) in [7, 11) is 2.14. The molecular formula is C21H26FN3.